The number of rotatable bonds is 6. The van der Waals surface area contributed by atoms with Crippen LogP contribution in [0.1, 0.15) is 19.8 Å². The Morgan fingerprint density at radius 1 is 1.15 bits per heavy atom. The molecule has 8 heteroatoms. The number of hydrogen-bond donors (Lipinski definition) is 2. The van der Waals surface area contributed by atoms with E-state index in [9.17, 15) is 13.2 Å². The molecular formula is C19H21N3O3S2. The van der Waals surface area contributed by atoms with Crippen molar-refractivity contribution < 1.29 is 13.2 Å². The highest BCUT2D eigenvalue weighted by Crippen LogP contribution is 2.24. The second-order valence-electron chi connectivity index (χ2n) is 6.13. The highest BCUT2D eigenvalue weighted by atomic mass is 32.2. The summed E-state index contributed by atoms with van der Waals surface area (Å²) in [7, 11) is -3.71. The Balaban J connectivity index is 1.67. The Hall–Kier alpha value is -2.32. The van der Waals surface area contributed by atoms with E-state index in [1.54, 1.807) is 12.1 Å². The minimum atomic E-state index is -3.71. The number of nitrogens with one attached hydrogen (secondary N) is 2. The highest BCUT2D eigenvalue weighted by Gasteiger charge is 2.20. The molecule has 0 spiro atoms. The third-order valence-electron chi connectivity index (χ3n) is 3.96. The van der Waals surface area contributed by atoms with Gasteiger partial charge >= 0.3 is 0 Å². The van der Waals surface area contributed by atoms with Crippen molar-refractivity contribution in [1.82, 2.24) is 4.72 Å². The monoisotopic (exact) mass is 403 g/mol. The minimum Gasteiger partial charge on any atom is -0.325 e. The summed E-state index contributed by atoms with van der Waals surface area (Å²) in [5, 5.41) is 2.47. The van der Waals surface area contributed by atoms with Crippen molar-refractivity contribution in [3.8, 4) is 0 Å². The Labute approximate surface area is 163 Å². The van der Waals surface area contributed by atoms with Gasteiger partial charge in [0.25, 0.3) is 10.0 Å². The summed E-state index contributed by atoms with van der Waals surface area (Å²) in [5.74, 6) is 0.295. The number of carbonyl (C=O) groups is 1. The molecule has 6 nitrogen and oxygen atoms in total. The summed E-state index contributed by atoms with van der Waals surface area (Å²) >= 11 is 1.44. The number of amides is 1. The van der Waals surface area contributed by atoms with Gasteiger partial charge in [-0.1, -0.05) is 24.3 Å². The number of sulfonamides is 1. The van der Waals surface area contributed by atoms with E-state index in [4.69, 9.17) is 0 Å². The first-order chi connectivity index (χ1) is 12.9. The maximum absolute atomic E-state index is 12.5. The molecule has 27 heavy (non-hydrogen) atoms. The quantitative estimate of drug-likeness (QED) is 0.725. The minimum absolute atomic E-state index is 0.0956. The van der Waals surface area contributed by atoms with Gasteiger partial charge in [0.05, 0.1) is 10.1 Å². The van der Waals surface area contributed by atoms with Gasteiger partial charge in [-0.2, -0.15) is 0 Å². The predicted molar refractivity (Wildman–Crippen MR) is 109 cm³/mol. The molecule has 0 fully saturated rings. The van der Waals surface area contributed by atoms with E-state index in [1.165, 1.54) is 23.9 Å². The highest BCUT2D eigenvalue weighted by molar-refractivity contribution is 8.00. The van der Waals surface area contributed by atoms with Crippen molar-refractivity contribution >= 4 is 39.2 Å². The molecule has 0 saturated carbocycles. The molecule has 1 heterocycles. The van der Waals surface area contributed by atoms with Crippen LogP contribution in [0.25, 0.3) is 0 Å². The first kappa shape index (κ1) is 19.4. The summed E-state index contributed by atoms with van der Waals surface area (Å²) in [4.78, 5) is 17.7. The summed E-state index contributed by atoms with van der Waals surface area (Å²) < 4.78 is 27.5. The standard InChI is InChI=1S/C19H21N3O3S2/c1-14(26-16-8-3-2-4-9-16)19(23)21-15-7-5-10-17(13-15)27(24,25)22-18-11-6-12-20-18/h2-5,7-10,13-14H,6,11-12H2,1H3,(H,20,22)(H,21,23)/t14-/m0/s1. The van der Waals surface area contributed by atoms with Crippen molar-refractivity contribution in [1.29, 1.82) is 0 Å². The van der Waals surface area contributed by atoms with Crippen molar-refractivity contribution in [3.05, 3.63) is 54.6 Å². The van der Waals surface area contributed by atoms with Crippen LogP contribution in [0.15, 0.2) is 69.4 Å². The predicted octanol–water partition coefficient (Wildman–Crippen LogP) is 3.28. The lowest BCUT2D eigenvalue weighted by Gasteiger charge is -2.13. The number of amidine groups is 1. The van der Waals surface area contributed by atoms with Crippen LogP contribution < -0.4 is 10.0 Å². The van der Waals surface area contributed by atoms with E-state index in [1.807, 2.05) is 37.3 Å². The summed E-state index contributed by atoms with van der Waals surface area (Å²) in [5.41, 5.74) is 0.441. The molecule has 1 aliphatic rings. The number of nitrogens with zero attached hydrogens (tertiary/aromatic N) is 1. The zero-order valence-electron chi connectivity index (χ0n) is 14.9. The van der Waals surface area contributed by atoms with Crippen LogP contribution in [0.5, 0.6) is 0 Å². The molecule has 3 rings (SSSR count). The zero-order valence-corrected chi connectivity index (χ0v) is 16.5. The van der Waals surface area contributed by atoms with Crippen LogP contribution in [0.4, 0.5) is 5.69 Å². The lowest BCUT2D eigenvalue weighted by molar-refractivity contribution is -0.115. The maximum atomic E-state index is 12.5. The Morgan fingerprint density at radius 3 is 2.63 bits per heavy atom. The molecular weight excluding hydrogens is 382 g/mol. The van der Waals surface area contributed by atoms with Gasteiger partial charge in [-0.05, 0) is 43.7 Å². The molecule has 1 aliphatic heterocycles. The fourth-order valence-electron chi connectivity index (χ4n) is 2.58. The number of hydrogen-bond acceptors (Lipinski definition) is 5. The van der Waals surface area contributed by atoms with Gasteiger partial charge in [-0.15, -0.1) is 11.8 Å². The Bertz CT molecular complexity index is 944. The molecule has 1 atom stereocenters. The molecule has 0 saturated heterocycles. The molecule has 142 valence electrons. The molecule has 0 aromatic heterocycles. The first-order valence-corrected chi connectivity index (χ1v) is 11.0. The molecule has 2 aromatic carbocycles. The van der Waals surface area contributed by atoms with Crippen LogP contribution in [-0.4, -0.2) is 32.0 Å². The van der Waals surface area contributed by atoms with Crippen molar-refractivity contribution in [2.75, 3.05) is 11.9 Å². The van der Waals surface area contributed by atoms with Crippen LogP contribution in [-0.2, 0) is 14.8 Å². The third kappa shape index (κ3) is 5.33. The molecule has 2 N–H and O–H groups in total. The largest absolute Gasteiger partial charge is 0.325 e. The van der Waals surface area contributed by atoms with Gasteiger partial charge in [0.15, 0.2) is 0 Å². The smallest absolute Gasteiger partial charge is 0.262 e. The first-order valence-electron chi connectivity index (χ1n) is 8.63. The summed E-state index contributed by atoms with van der Waals surface area (Å²) in [6, 6.07) is 15.9. The molecule has 1 amide bonds. The third-order valence-corrected chi connectivity index (χ3v) is 6.45. The maximum Gasteiger partial charge on any atom is 0.262 e. The second kappa shape index (κ2) is 8.58. The van der Waals surface area contributed by atoms with Crippen molar-refractivity contribution in [2.24, 2.45) is 4.99 Å². The average Bonchev–Trinajstić information content (AvgIpc) is 3.15. The summed E-state index contributed by atoms with van der Waals surface area (Å²) in [6.45, 7) is 2.46. The number of thioether (sulfide) groups is 1. The van der Waals surface area contributed by atoms with E-state index < -0.39 is 10.0 Å². The van der Waals surface area contributed by atoms with Crippen LogP contribution in [0, 0.1) is 0 Å². The van der Waals surface area contributed by atoms with E-state index in [0.29, 0.717) is 24.5 Å². The van der Waals surface area contributed by atoms with Crippen LogP contribution in [0.3, 0.4) is 0 Å². The number of benzene rings is 2. The van der Waals surface area contributed by atoms with Gasteiger partial charge in [-0.3, -0.25) is 14.5 Å². The fraction of sp³-hybridized carbons (Fsp3) is 0.263. The van der Waals surface area contributed by atoms with Gasteiger partial charge in [0, 0.05) is 23.5 Å². The fourth-order valence-corrected chi connectivity index (χ4v) is 4.60. The molecule has 0 radical (unpaired) electrons. The lowest BCUT2D eigenvalue weighted by Crippen LogP contribution is -2.29. The van der Waals surface area contributed by atoms with Gasteiger partial charge < -0.3 is 5.32 Å². The normalized spacial score (nSPS) is 15.1. The lowest BCUT2D eigenvalue weighted by atomic mass is 10.3. The average molecular weight is 404 g/mol. The van der Waals surface area contributed by atoms with Crippen molar-refractivity contribution in [2.45, 2.75) is 34.8 Å². The van der Waals surface area contributed by atoms with Gasteiger partial charge in [0.1, 0.15) is 5.84 Å². The molecule has 0 aliphatic carbocycles. The number of anilines is 1. The SMILES string of the molecule is C[C@H](Sc1ccccc1)C(=O)Nc1cccc(S(=O)(=O)NC2=NCCC2)c1. The van der Waals surface area contributed by atoms with Crippen LogP contribution >= 0.6 is 11.8 Å². The van der Waals surface area contributed by atoms with Gasteiger partial charge in [0.2, 0.25) is 5.91 Å². The molecule has 0 bridgehead atoms. The zero-order chi connectivity index (χ0) is 19.3. The van der Waals surface area contributed by atoms with E-state index in [2.05, 4.69) is 15.0 Å². The number of aliphatic imine (C=N–C) groups is 1. The molecule has 0 unspecified atom stereocenters. The van der Waals surface area contributed by atoms with Gasteiger partial charge in [-0.25, -0.2) is 8.42 Å². The summed E-state index contributed by atoms with van der Waals surface area (Å²) in [6.07, 6.45) is 1.48. The topological polar surface area (TPSA) is 87.6 Å². The van der Waals surface area contributed by atoms with Crippen LogP contribution in [0.2, 0.25) is 0 Å². The van der Waals surface area contributed by atoms with E-state index in [-0.39, 0.29) is 16.1 Å². The van der Waals surface area contributed by atoms with E-state index >= 15 is 0 Å². The number of carbonyl (C=O) groups excluding carboxylic acids is 1. The Kier molecular flexibility index (Phi) is 6.18. The second-order valence-corrected chi connectivity index (χ2v) is 9.22. The Morgan fingerprint density at radius 2 is 1.93 bits per heavy atom. The van der Waals surface area contributed by atoms with E-state index in [0.717, 1.165) is 11.3 Å². The van der Waals surface area contributed by atoms with Crippen molar-refractivity contribution in [3.63, 3.8) is 0 Å². The molecule has 2 aromatic rings.